The fraction of sp³-hybridized carbons (Fsp3) is 0.533. The molecule has 4 heterocycles. The molecule has 0 saturated carbocycles. The summed E-state index contributed by atoms with van der Waals surface area (Å²) in [4.78, 5) is 0. The second-order valence-corrected chi connectivity index (χ2v) is 6.17. The largest absolute Gasteiger partial charge is 1.00 e. The van der Waals surface area contributed by atoms with Gasteiger partial charge in [-0.25, -0.2) is 0 Å². The minimum absolute atomic E-state index is 0. The van der Waals surface area contributed by atoms with E-state index < -0.39 is 0 Å². The summed E-state index contributed by atoms with van der Waals surface area (Å²) in [6.07, 6.45) is 7.34. The second-order valence-electron chi connectivity index (χ2n) is 6.17. The van der Waals surface area contributed by atoms with Gasteiger partial charge in [0.05, 0.1) is 19.3 Å². The molecule has 0 unspecified atom stereocenters. The monoisotopic (exact) mass is 560 g/mol. The third-order valence-electron chi connectivity index (χ3n) is 4.73. The molecule has 0 spiro atoms. The number of piperidine rings is 3. The van der Waals surface area contributed by atoms with Crippen molar-refractivity contribution in [2.24, 2.45) is 16.2 Å². The van der Waals surface area contributed by atoms with Crippen LogP contribution in [-0.4, -0.2) is 53.2 Å². The van der Waals surface area contributed by atoms with Crippen molar-refractivity contribution in [1.82, 2.24) is 0 Å². The summed E-state index contributed by atoms with van der Waals surface area (Å²) in [6, 6.07) is 3.72. The lowest BCUT2D eigenvalue weighted by molar-refractivity contribution is -0.954. The Bertz CT molecular complexity index is 573. The number of pyridine rings is 1. The molecule has 0 radical (unpaired) electrons. The minimum atomic E-state index is 0. The molecule has 0 aliphatic carbocycles. The molecule has 0 aromatic carbocycles. The van der Waals surface area contributed by atoms with E-state index in [1.807, 2.05) is 29.1 Å². The van der Waals surface area contributed by atoms with Crippen molar-refractivity contribution in [2.45, 2.75) is 19.6 Å². The first kappa shape index (κ1) is 21.5. The molecular weight excluding hydrogens is 538 g/mol. The van der Waals surface area contributed by atoms with E-state index in [4.69, 9.17) is 15.2 Å². The van der Waals surface area contributed by atoms with Gasteiger partial charge in [0.25, 0.3) is 6.73 Å². The summed E-state index contributed by atoms with van der Waals surface area (Å²) in [5.74, 6) is 0.472. The maximum absolute atomic E-state index is 9.11. The van der Waals surface area contributed by atoms with Crippen LogP contribution in [-0.2, 0) is 11.5 Å². The average molecular weight is 560 g/mol. The summed E-state index contributed by atoms with van der Waals surface area (Å²) in [5.41, 5.74) is 1.77. The molecule has 0 amide bonds. The van der Waals surface area contributed by atoms with Gasteiger partial charge in [-0.1, -0.05) is 10.3 Å². The van der Waals surface area contributed by atoms with Gasteiger partial charge >= 0.3 is 0 Å². The van der Waals surface area contributed by atoms with Crippen molar-refractivity contribution in [2.75, 3.05) is 26.4 Å². The molecular formula is C15H22I2N4O3. The van der Waals surface area contributed by atoms with E-state index in [1.54, 1.807) is 0 Å². The number of quaternary nitrogens is 1. The van der Waals surface area contributed by atoms with Gasteiger partial charge in [-0.05, 0) is 0 Å². The highest BCUT2D eigenvalue weighted by Crippen LogP contribution is 2.31. The Balaban J connectivity index is 0.00000144. The molecule has 3 saturated heterocycles. The van der Waals surface area contributed by atoms with Crippen molar-refractivity contribution in [3.8, 4) is 0 Å². The number of oxime groups is 2. The topological polar surface area (TPSA) is 78.3 Å². The van der Waals surface area contributed by atoms with Crippen LogP contribution in [0.15, 0.2) is 34.8 Å². The quantitative estimate of drug-likeness (QED) is 0.0946. The molecule has 9 heteroatoms. The lowest BCUT2D eigenvalue weighted by Gasteiger charge is -2.48. The van der Waals surface area contributed by atoms with Crippen LogP contribution >= 0.6 is 0 Å². The van der Waals surface area contributed by atoms with E-state index in [9.17, 15) is 0 Å². The highest BCUT2D eigenvalue weighted by atomic mass is 127. The molecule has 3 fully saturated rings. The van der Waals surface area contributed by atoms with Gasteiger partial charge in [-0.15, -0.1) is 0 Å². The number of fused-ring (bicyclic) bond motifs is 3. The number of hydrogen-bond acceptors (Lipinski definition) is 5. The molecule has 3 aliphatic heterocycles. The van der Waals surface area contributed by atoms with Crippen molar-refractivity contribution in [3.05, 3.63) is 30.1 Å². The zero-order valence-electron chi connectivity index (χ0n) is 13.3. The van der Waals surface area contributed by atoms with Crippen LogP contribution in [0.1, 0.15) is 18.4 Å². The van der Waals surface area contributed by atoms with Crippen LogP contribution < -0.4 is 52.5 Å². The van der Waals surface area contributed by atoms with E-state index in [2.05, 4.69) is 10.3 Å². The lowest BCUT2D eigenvalue weighted by Crippen LogP contribution is -3.00. The normalized spacial score (nSPS) is 27.0. The smallest absolute Gasteiger partial charge is 0.257 e. The molecule has 1 aromatic heterocycles. The van der Waals surface area contributed by atoms with Gasteiger partial charge in [-0.3, -0.25) is 9.22 Å². The highest BCUT2D eigenvalue weighted by Gasteiger charge is 2.44. The predicted molar refractivity (Wildman–Crippen MR) is 78.8 cm³/mol. The SMILES string of the molecule is ON=Cc1cc[n+](COC[N+]23CCC(CC2)C(=NO)C3)cc1.[I-].[I-]. The molecule has 0 atom stereocenters. The number of nitrogens with zero attached hydrogens (tertiary/aromatic N) is 4. The van der Waals surface area contributed by atoms with Gasteiger partial charge in [0, 0.05) is 36.5 Å². The van der Waals surface area contributed by atoms with Gasteiger partial charge in [0.2, 0.25) is 0 Å². The number of hydrogen-bond donors (Lipinski definition) is 2. The molecule has 1 aromatic rings. The Hall–Kier alpha value is -0.530. The standard InChI is InChI=1S/C15H20N4O3.2HI/c20-16-9-13-1-5-18(6-2-13)11-22-12-19-7-3-14(4-8-19)15(10-19)17-21;;/h1-2,5-6,9,14H,3-4,7-8,10-12H2;2*1H. The van der Waals surface area contributed by atoms with Gasteiger partial charge in [-0.2, -0.15) is 4.57 Å². The first-order valence-corrected chi connectivity index (χ1v) is 7.55. The first-order chi connectivity index (χ1) is 10.7. The van der Waals surface area contributed by atoms with Crippen LogP contribution in [0.5, 0.6) is 0 Å². The maximum atomic E-state index is 9.11. The Morgan fingerprint density at radius 3 is 2.46 bits per heavy atom. The zero-order valence-corrected chi connectivity index (χ0v) is 17.6. The summed E-state index contributed by atoms with van der Waals surface area (Å²) < 4.78 is 8.69. The maximum Gasteiger partial charge on any atom is 0.257 e. The third kappa shape index (κ3) is 4.99. The zero-order chi connectivity index (χ0) is 15.4. The third-order valence-corrected chi connectivity index (χ3v) is 4.73. The molecule has 134 valence electrons. The van der Waals surface area contributed by atoms with Crippen molar-refractivity contribution < 1.29 is 72.2 Å². The molecule has 2 N–H and O–H groups in total. The van der Waals surface area contributed by atoms with Crippen LogP contribution in [0.25, 0.3) is 0 Å². The average Bonchev–Trinajstić information content (AvgIpc) is 2.57. The van der Waals surface area contributed by atoms with Crippen LogP contribution in [0.4, 0.5) is 0 Å². The van der Waals surface area contributed by atoms with Gasteiger partial charge in [0.1, 0.15) is 12.3 Å². The number of aromatic nitrogens is 1. The number of ether oxygens (including phenoxy) is 1. The van der Waals surface area contributed by atoms with E-state index in [0.717, 1.165) is 48.2 Å². The Kier molecular flexibility index (Phi) is 8.81. The van der Waals surface area contributed by atoms with Crippen molar-refractivity contribution in [1.29, 1.82) is 0 Å². The van der Waals surface area contributed by atoms with E-state index in [0.29, 0.717) is 19.4 Å². The second kappa shape index (κ2) is 9.82. The molecule has 2 bridgehead atoms. The molecule has 7 nitrogen and oxygen atoms in total. The number of rotatable bonds is 5. The summed E-state index contributed by atoms with van der Waals surface area (Å²) in [6.45, 7) is 4.11. The summed E-state index contributed by atoms with van der Waals surface area (Å²) >= 11 is 0. The van der Waals surface area contributed by atoms with Gasteiger partial charge < -0.3 is 58.4 Å². The fourth-order valence-electron chi connectivity index (χ4n) is 3.42. The summed E-state index contributed by atoms with van der Waals surface area (Å²) in [7, 11) is 0. The molecule has 3 aliphatic rings. The lowest BCUT2D eigenvalue weighted by atomic mass is 9.84. The van der Waals surface area contributed by atoms with Crippen molar-refractivity contribution in [3.63, 3.8) is 0 Å². The Morgan fingerprint density at radius 2 is 1.88 bits per heavy atom. The minimum Gasteiger partial charge on any atom is -1.00 e. The van der Waals surface area contributed by atoms with E-state index in [1.165, 1.54) is 6.21 Å². The Morgan fingerprint density at radius 1 is 1.21 bits per heavy atom. The Labute approximate surface area is 175 Å². The summed E-state index contributed by atoms with van der Waals surface area (Å²) in [5, 5.41) is 24.1. The van der Waals surface area contributed by atoms with Crippen LogP contribution in [0.3, 0.4) is 0 Å². The highest BCUT2D eigenvalue weighted by molar-refractivity contribution is 5.88. The van der Waals surface area contributed by atoms with Crippen LogP contribution in [0, 0.1) is 5.92 Å². The first-order valence-electron chi connectivity index (χ1n) is 7.55. The van der Waals surface area contributed by atoms with Crippen LogP contribution in [0.2, 0.25) is 0 Å². The molecule has 24 heavy (non-hydrogen) atoms. The van der Waals surface area contributed by atoms with E-state index >= 15 is 0 Å². The van der Waals surface area contributed by atoms with Crippen molar-refractivity contribution >= 4 is 11.9 Å². The van der Waals surface area contributed by atoms with Gasteiger partial charge in [0.15, 0.2) is 19.1 Å². The number of halogens is 2. The molecule has 4 rings (SSSR count). The predicted octanol–water partition coefficient (Wildman–Crippen LogP) is -5.21. The fourth-order valence-corrected chi connectivity index (χ4v) is 3.42. The van der Waals surface area contributed by atoms with E-state index in [-0.39, 0.29) is 48.0 Å².